The summed E-state index contributed by atoms with van der Waals surface area (Å²) in [5, 5.41) is 0. The predicted octanol–water partition coefficient (Wildman–Crippen LogP) is 3.85. The van der Waals surface area contributed by atoms with Crippen molar-refractivity contribution in [3.63, 3.8) is 0 Å². The van der Waals surface area contributed by atoms with E-state index in [0.29, 0.717) is 0 Å². The van der Waals surface area contributed by atoms with E-state index in [1.54, 1.807) is 0 Å². The Kier molecular flexibility index (Phi) is 4.01. The van der Waals surface area contributed by atoms with Crippen molar-refractivity contribution < 1.29 is 0 Å². The standard InChI is InChI=1S/C13H19/c1-4-5-12-6-8-13(9-7-12)10-11(2)3/h5-9,11H,4,10H2,1-3H3. The fourth-order valence-corrected chi connectivity index (χ4v) is 1.50. The number of hydrogen-bond donors (Lipinski definition) is 0. The highest BCUT2D eigenvalue weighted by atomic mass is 14.0. The molecule has 0 unspecified atom stereocenters. The Balaban J connectivity index is 2.59. The Morgan fingerprint density at radius 2 is 1.77 bits per heavy atom. The van der Waals surface area contributed by atoms with Crippen LogP contribution in [0, 0.1) is 12.3 Å². The summed E-state index contributed by atoms with van der Waals surface area (Å²) in [6.45, 7) is 6.68. The van der Waals surface area contributed by atoms with Gasteiger partial charge in [0.2, 0.25) is 0 Å². The first-order valence-corrected chi connectivity index (χ1v) is 5.14. The van der Waals surface area contributed by atoms with Gasteiger partial charge in [-0.15, -0.1) is 0 Å². The summed E-state index contributed by atoms with van der Waals surface area (Å²) in [6, 6.07) is 8.89. The van der Waals surface area contributed by atoms with E-state index in [1.807, 2.05) is 0 Å². The van der Waals surface area contributed by atoms with Crippen LogP contribution < -0.4 is 0 Å². The molecule has 0 aromatic heterocycles. The minimum absolute atomic E-state index is 0.751. The third-order valence-corrected chi connectivity index (χ3v) is 2.06. The summed E-state index contributed by atoms with van der Waals surface area (Å²) in [4.78, 5) is 0. The summed E-state index contributed by atoms with van der Waals surface area (Å²) in [5.74, 6) is 0.751. The van der Waals surface area contributed by atoms with Crippen molar-refractivity contribution in [2.75, 3.05) is 0 Å². The van der Waals surface area contributed by atoms with Gasteiger partial charge in [0.1, 0.15) is 0 Å². The number of rotatable bonds is 4. The van der Waals surface area contributed by atoms with E-state index in [1.165, 1.54) is 17.5 Å². The van der Waals surface area contributed by atoms with Gasteiger partial charge in [0.05, 0.1) is 0 Å². The van der Waals surface area contributed by atoms with E-state index in [0.717, 1.165) is 12.3 Å². The van der Waals surface area contributed by atoms with Gasteiger partial charge in [-0.1, -0.05) is 45.0 Å². The van der Waals surface area contributed by atoms with Crippen LogP contribution in [0.15, 0.2) is 24.3 Å². The van der Waals surface area contributed by atoms with Crippen molar-refractivity contribution in [3.8, 4) is 0 Å². The van der Waals surface area contributed by atoms with Crippen LogP contribution in [0.4, 0.5) is 0 Å². The zero-order valence-corrected chi connectivity index (χ0v) is 8.88. The first kappa shape index (κ1) is 10.3. The molecule has 71 valence electrons. The van der Waals surface area contributed by atoms with Crippen molar-refractivity contribution in [3.05, 3.63) is 41.8 Å². The Morgan fingerprint density at radius 1 is 1.15 bits per heavy atom. The van der Waals surface area contributed by atoms with Crippen molar-refractivity contribution >= 4 is 0 Å². The van der Waals surface area contributed by atoms with E-state index < -0.39 is 0 Å². The average Bonchev–Trinajstić information content (AvgIpc) is 2.08. The molecular weight excluding hydrogens is 156 g/mol. The molecule has 0 aliphatic carbocycles. The summed E-state index contributed by atoms with van der Waals surface area (Å²) < 4.78 is 0. The molecule has 1 aromatic rings. The van der Waals surface area contributed by atoms with Gasteiger partial charge in [0.25, 0.3) is 0 Å². The highest BCUT2D eigenvalue weighted by Crippen LogP contribution is 2.11. The summed E-state index contributed by atoms with van der Waals surface area (Å²) in [7, 11) is 0. The minimum Gasteiger partial charge on any atom is -0.0648 e. The van der Waals surface area contributed by atoms with Gasteiger partial charge in [0.15, 0.2) is 0 Å². The molecule has 0 amide bonds. The Morgan fingerprint density at radius 3 is 2.23 bits per heavy atom. The molecule has 0 aliphatic heterocycles. The molecule has 0 saturated heterocycles. The Hall–Kier alpha value is -0.780. The van der Waals surface area contributed by atoms with Gasteiger partial charge in [-0.25, -0.2) is 0 Å². The predicted molar refractivity (Wildman–Crippen MR) is 58.7 cm³/mol. The second-order valence-electron chi connectivity index (χ2n) is 3.95. The summed E-state index contributed by atoms with van der Waals surface area (Å²) in [6.07, 6.45) is 4.55. The molecule has 0 atom stereocenters. The highest BCUT2D eigenvalue weighted by Gasteiger charge is 1.97. The topological polar surface area (TPSA) is 0 Å². The Labute approximate surface area is 82.0 Å². The summed E-state index contributed by atoms with van der Waals surface area (Å²) >= 11 is 0. The quantitative estimate of drug-likeness (QED) is 0.652. The fraction of sp³-hybridized carbons (Fsp3) is 0.462. The zero-order valence-electron chi connectivity index (χ0n) is 8.88. The maximum atomic E-state index is 2.26. The van der Waals surface area contributed by atoms with Gasteiger partial charge < -0.3 is 0 Å². The molecule has 0 bridgehead atoms. The lowest BCUT2D eigenvalue weighted by Gasteiger charge is -2.05. The molecule has 0 N–H and O–H groups in total. The van der Waals surface area contributed by atoms with E-state index in [2.05, 4.69) is 51.5 Å². The van der Waals surface area contributed by atoms with Gasteiger partial charge in [0, 0.05) is 0 Å². The molecule has 0 spiro atoms. The molecule has 0 aliphatic rings. The minimum atomic E-state index is 0.751. The molecule has 13 heavy (non-hydrogen) atoms. The zero-order chi connectivity index (χ0) is 9.68. The molecule has 0 saturated carbocycles. The van der Waals surface area contributed by atoms with E-state index in [-0.39, 0.29) is 0 Å². The van der Waals surface area contributed by atoms with Crippen LogP contribution in [-0.2, 0) is 6.42 Å². The van der Waals surface area contributed by atoms with Gasteiger partial charge in [-0.2, -0.15) is 0 Å². The summed E-state index contributed by atoms with van der Waals surface area (Å²) in [5.41, 5.74) is 2.79. The van der Waals surface area contributed by atoms with E-state index >= 15 is 0 Å². The van der Waals surface area contributed by atoms with Crippen LogP contribution >= 0.6 is 0 Å². The van der Waals surface area contributed by atoms with Gasteiger partial charge in [-0.05, 0) is 36.3 Å². The van der Waals surface area contributed by atoms with Gasteiger partial charge >= 0.3 is 0 Å². The molecule has 1 aromatic carbocycles. The molecule has 0 nitrogen and oxygen atoms in total. The van der Waals surface area contributed by atoms with Crippen LogP contribution in [0.2, 0.25) is 0 Å². The lowest BCUT2D eigenvalue weighted by atomic mass is 10.0. The van der Waals surface area contributed by atoms with Crippen molar-refractivity contribution in [2.45, 2.75) is 33.6 Å². The van der Waals surface area contributed by atoms with Crippen LogP contribution in [0.25, 0.3) is 0 Å². The third kappa shape index (κ3) is 3.63. The molecule has 1 radical (unpaired) electrons. The van der Waals surface area contributed by atoms with Crippen molar-refractivity contribution in [1.82, 2.24) is 0 Å². The van der Waals surface area contributed by atoms with E-state index in [9.17, 15) is 0 Å². The lowest BCUT2D eigenvalue weighted by molar-refractivity contribution is 0.647. The maximum absolute atomic E-state index is 2.26. The van der Waals surface area contributed by atoms with Gasteiger partial charge in [-0.3, -0.25) is 0 Å². The number of hydrogen-bond acceptors (Lipinski definition) is 0. The van der Waals surface area contributed by atoms with Crippen LogP contribution in [0.5, 0.6) is 0 Å². The molecular formula is C13H19. The molecule has 1 rings (SSSR count). The third-order valence-electron chi connectivity index (χ3n) is 2.06. The van der Waals surface area contributed by atoms with Crippen LogP contribution in [0.1, 0.15) is 38.3 Å². The van der Waals surface area contributed by atoms with Crippen LogP contribution in [0.3, 0.4) is 0 Å². The first-order chi connectivity index (χ1) is 6.22. The Bertz CT molecular complexity index is 231. The first-order valence-electron chi connectivity index (χ1n) is 5.14. The van der Waals surface area contributed by atoms with Crippen molar-refractivity contribution in [2.24, 2.45) is 5.92 Å². The molecule has 0 fully saturated rings. The highest BCUT2D eigenvalue weighted by molar-refractivity contribution is 5.27. The maximum Gasteiger partial charge on any atom is -0.00958 e. The monoisotopic (exact) mass is 175 g/mol. The normalized spacial score (nSPS) is 10.8. The SMILES string of the molecule is CC[CH]c1ccc(CC(C)C)cc1. The fourth-order valence-electron chi connectivity index (χ4n) is 1.50. The lowest BCUT2D eigenvalue weighted by Crippen LogP contribution is -1.93. The largest absolute Gasteiger partial charge is 0.0648 e. The van der Waals surface area contributed by atoms with Crippen LogP contribution in [-0.4, -0.2) is 0 Å². The molecule has 0 heterocycles. The average molecular weight is 175 g/mol. The van der Waals surface area contributed by atoms with E-state index in [4.69, 9.17) is 0 Å². The smallest absolute Gasteiger partial charge is 0.00958 e. The molecule has 0 heteroatoms. The second kappa shape index (κ2) is 5.06. The second-order valence-corrected chi connectivity index (χ2v) is 3.95. The van der Waals surface area contributed by atoms with Crippen molar-refractivity contribution in [1.29, 1.82) is 0 Å². The number of benzene rings is 1.